The van der Waals surface area contributed by atoms with Crippen LogP contribution in [0.5, 0.6) is 0 Å². The standard InChI is InChI=1S/C27H23FN2O6S.ClH/c1-17-23(12-18-5-8-21(9-6-18)37(2)34)22-10-7-20(28)13-25(22)24(17)14-27(31)35-16-26-19(4-3-11-29-26)15-36-30(32)33;/h3-13H,14-16H2,1-2H3;1H/b23-12-;. The Bertz CT molecular complexity index is 1460. The first-order valence-corrected chi connectivity index (χ1v) is 12.8. The molecule has 0 saturated heterocycles. The highest BCUT2D eigenvalue weighted by Gasteiger charge is 2.26. The molecule has 0 radical (unpaired) electrons. The Labute approximate surface area is 227 Å². The maximum Gasteiger partial charge on any atom is 0.310 e. The van der Waals surface area contributed by atoms with Crippen molar-refractivity contribution in [3.05, 3.63) is 110 Å². The van der Waals surface area contributed by atoms with E-state index in [2.05, 4.69) is 9.82 Å². The van der Waals surface area contributed by atoms with E-state index in [1.165, 1.54) is 18.3 Å². The van der Waals surface area contributed by atoms with E-state index in [9.17, 15) is 23.5 Å². The van der Waals surface area contributed by atoms with Gasteiger partial charge in [-0.25, -0.2) is 4.39 Å². The highest BCUT2D eigenvalue weighted by atomic mass is 35.5. The molecule has 0 N–H and O–H groups in total. The number of rotatable bonds is 9. The van der Waals surface area contributed by atoms with E-state index in [-0.39, 0.29) is 32.0 Å². The van der Waals surface area contributed by atoms with Crippen molar-refractivity contribution in [3.8, 4) is 0 Å². The Morgan fingerprint density at radius 3 is 2.55 bits per heavy atom. The quantitative estimate of drug-likeness (QED) is 0.192. The predicted molar refractivity (Wildman–Crippen MR) is 143 cm³/mol. The summed E-state index contributed by atoms with van der Waals surface area (Å²) in [5, 5.41) is 9.61. The number of aromatic nitrogens is 1. The van der Waals surface area contributed by atoms with Crippen molar-refractivity contribution in [1.29, 1.82) is 0 Å². The minimum absolute atomic E-state index is 0. The average molecular weight is 559 g/mol. The lowest BCUT2D eigenvalue weighted by Crippen LogP contribution is -2.10. The van der Waals surface area contributed by atoms with Crippen LogP contribution in [-0.2, 0) is 38.4 Å². The number of fused-ring (bicyclic) bond motifs is 1. The molecule has 0 amide bonds. The van der Waals surface area contributed by atoms with Crippen LogP contribution in [-0.4, -0.2) is 26.5 Å². The lowest BCUT2D eigenvalue weighted by atomic mass is 10.0. The molecule has 198 valence electrons. The number of halogens is 2. The Hall–Kier alpha value is -3.89. The summed E-state index contributed by atoms with van der Waals surface area (Å²) < 4.78 is 31.3. The monoisotopic (exact) mass is 558 g/mol. The van der Waals surface area contributed by atoms with Gasteiger partial charge in [-0.15, -0.1) is 22.5 Å². The number of nitrogens with zero attached hydrogens (tertiary/aromatic N) is 2. The van der Waals surface area contributed by atoms with E-state index in [1.54, 1.807) is 36.6 Å². The van der Waals surface area contributed by atoms with Crippen LogP contribution in [0.4, 0.5) is 4.39 Å². The van der Waals surface area contributed by atoms with Crippen molar-refractivity contribution in [2.24, 2.45) is 0 Å². The van der Waals surface area contributed by atoms with Crippen molar-refractivity contribution >= 4 is 46.4 Å². The second-order valence-corrected chi connectivity index (χ2v) is 9.70. The molecule has 0 spiro atoms. The van der Waals surface area contributed by atoms with E-state index >= 15 is 0 Å². The smallest absolute Gasteiger partial charge is 0.310 e. The topological polar surface area (TPSA) is 109 Å². The molecule has 4 rings (SSSR count). The van der Waals surface area contributed by atoms with Crippen LogP contribution < -0.4 is 0 Å². The fourth-order valence-electron chi connectivity index (χ4n) is 4.10. The minimum Gasteiger partial charge on any atom is -0.459 e. The van der Waals surface area contributed by atoms with Gasteiger partial charge >= 0.3 is 5.97 Å². The Morgan fingerprint density at radius 2 is 1.87 bits per heavy atom. The zero-order chi connectivity index (χ0) is 26.5. The van der Waals surface area contributed by atoms with Gasteiger partial charge in [0.2, 0.25) is 0 Å². The minimum atomic E-state index is -1.08. The first-order valence-electron chi connectivity index (χ1n) is 11.2. The molecule has 38 heavy (non-hydrogen) atoms. The number of ether oxygens (including phenoxy) is 1. The molecular formula is C27H24ClFN2O6S. The molecule has 1 aliphatic rings. The summed E-state index contributed by atoms with van der Waals surface area (Å²) >= 11 is 0. The third kappa shape index (κ3) is 6.70. The highest BCUT2D eigenvalue weighted by Crippen LogP contribution is 2.44. The van der Waals surface area contributed by atoms with Gasteiger partial charge in [-0.3, -0.25) is 14.0 Å². The van der Waals surface area contributed by atoms with Gasteiger partial charge in [-0.2, -0.15) is 0 Å². The zero-order valence-electron chi connectivity index (χ0n) is 20.5. The second kappa shape index (κ2) is 12.6. The summed E-state index contributed by atoms with van der Waals surface area (Å²) in [6.07, 6.45) is 4.95. The van der Waals surface area contributed by atoms with Crippen LogP contribution in [0.15, 0.2) is 71.3 Å². The zero-order valence-corrected chi connectivity index (χ0v) is 22.1. The van der Waals surface area contributed by atoms with Crippen molar-refractivity contribution in [2.45, 2.75) is 31.5 Å². The third-order valence-corrected chi connectivity index (χ3v) is 6.91. The molecule has 11 heteroatoms. The van der Waals surface area contributed by atoms with E-state index in [4.69, 9.17) is 4.74 Å². The summed E-state index contributed by atoms with van der Waals surface area (Å²) in [5.41, 5.74) is 5.39. The van der Waals surface area contributed by atoms with Gasteiger partial charge in [0.15, 0.2) is 0 Å². The Morgan fingerprint density at radius 1 is 1.13 bits per heavy atom. The van der Waals surface area contributed by atoms with E-state index in [0.29, 0.717) is 27.3 Å². The van der Waals surface area contributed by atoms with Gasteiger partial charge in [0, 0.05) is 33.7 Å². The van der Waals surface area contributed by atoms with Crippen LogP contribution >= 0.6 is 12.4 Å². The highest BCUT2D eigenvalue weighted by molar-refractivity contribution is 7.84. The van der Waals surface area contributed by atoms with Crippen molar-refractivity contribution in [2.75, 3.05) is 6.26 Å². The molecule has 0 bridgehead atoms. The molecule has 1 heterocycles. The third-order valence-electron chi connectivity index (χ3n) is 5.98. The van der Waals surface area contributed by atoms with Crippen molar-refractivity contribution < 1.29 is 28.1 Å². The lowest BCUT2D eigenvalue weighted by Gasteiger charge is -2.10. The maximum atomic E-state index is 14.2. The van der Waals surface area contributed by atoms with Crippen LogP contribution in [0.2, 0.25) is 0 Å². The van der Waals surface area contributed by atoms with Crippen LogP contribution in [0, 0.1) is 15.9 Å². The first-order chi connectivity index (χ1) is 17.7. The number of hydrogen-bond donors (Lipinski definition) is 0. The molecule has 0 saturated carbocycles. The molecule has 1 aliphatic carbocycles. The number of hydrogen-bond acceptors (Lipinski definition) is 7. The summed E-state index contributed by atoms with van der Waals surface area (Å²) in [7, 11) is -1.08. The second-order valence-electron chi connectivity index (χ2n) is 8.32. The number of esters is 1. The first kappa shape index (κ1) is 28.7. The molecule has 2 aromatic carbocycles. The summed E-state index contributed by atoms with van der Waals surface area (Å²) in [5.74, 6) is -0.968. The predicted octanol–water partition coefficient (Wildman–Crippen LogP) is 5.55. The number of carbonyl (C=O) groups is 1. The normalized spacial score (nSPS) is 14.0. The van der Waals surface area contributed by atoms with E-state index in [1.807, 2.05) is 25.1 Å². The fourth-order valence-corrected chi connectivity index (χ4v) is 4.62. The van der Waals surface area contributed by atoms with E-state index in [0.717, 1.165) is 22.3 Å². The van der Waals surface area contributed by atoms with Gasteiger partial charge < -0.3 is 9.57 Å². The summed E-state index contributed by atoms with van der Waals surface area (Å²) in [4.78, 5) is 32.6. The SMILES string of the molecule is CC1=C(CC(=O)OCc2ncccc2CO[N+](=O)[O-])c2cc(F)ccc2/C1=C\c1ccc(S(C)=O)cc1.Cl. The summed E-state index contributed by atoms with van der Waals surface area (Å²) in [6, 6.07) is 15.0. The molecule has 1 unspecified atom stereocenters. The van der Waals surface area contributed by atoms with Gasteiger partial charge in [0.25, 0.3) is 5.09 Å². The molecule has 0 fully saturated rings. The van der Waals surface area contributed by atoms with Gasteiger partial charge in [-0.05, 0) is 76.7 Å². The number of allylic oxidation sites excluding steroid dienone is 2. The van der Waals surface area contributed by atoms with Crippen molar-refractivity contribution in [1.82, 2.24) is 4.98 Å². The van der Waals surface area contributed by atoms with Gasteiger partial charge in [-0.1, -0.05) is 24.3 Å². The Kier molecular flexibility index (Phi) is 9.49. The van der Waals surface area contributed by atoms with Gasteiger partial charge in [0.05, 0.1) is 12.1 Å². The maximum absolute atomic E-state index is 14.2. The number of carbonyl (C=O) groups excluding carboxylic acids is 1. The number of pyridine rings is 1. The largest absolute Gasteiger partial charge is 0.459 e. The van der Waals surface area contributed by atoms with Gasteiger partial charge in [0.1, 0.15) is 19.0 Å². The lowest BCUT2D eigenvalue weighted by molar-refractivity contribution is -0.763. The van der Waals surface area contributed by atoms with Crippen LogP contribution in [0.3, 0.4) is 0 Å². The molecule has 8 nitrogen and oxygen atoms in total. The van der Waals surface area contributed by atoms with E-state index < -0.39 is 27.7 Å². The fraction of sp³-hybridized carbons (Fsp3) is 0.185. The summed E-state index contributed by atoms with van der Waals surface area (Å²) in [6.45, 7) is 1.37. The molecule has 1 aromatic heterocycles. The molecular weight excluding hydrogens is 535 g/mol. The Balaban J connectivity index is 0.00000400. The van der Waals surface area contributed by atoms with Crippen LogP contribution in [0.25, 0.3) is 17.2 Å². The molecule has 0 aliphatic heterocycles. The van der Waals surface area contributed by atoms with Crippen LogP contribution in [0.1, 0.15) is 41.3 Å². The molecule has 3 aromatic rings. The number of benzene rings is 2. The average Bonchev–Trinajstić information content (AvgIpc) is 3.12. The molecule has 1 atom stereocenters. The van der Waals surface area contributed by atoms with Crippen molar-refractivity contribution in [3.63, 3.8) is 0 Å².